The quantitative estimate of drug-likeness (QED) is 0.103. The normalized spacial score (nSPS) is 13.7. The molecule has 4 nitrogen and oxygen atoms in total. The van der Waals surface area contributed by atoms with Crippen LogP contribution >= 0.6 is 0 Å². The van der Waals surface area contributed by atoms with Gasteiger partial charge in [-0.05, 0) is 44.9 Å². The average Bonchev–Trinajstić information content (AvgIpc) is 2.82. The standard InChI is InChI=1S/C29H55NO3/c1-3-5-7-9-11-12-13-14-15-16-17-19-21-23-25-29(33)30-27(26-31)28(32)24-22-20-18-10-8-6-4-2/h13-14,22,24,27-28,31-32H,3-12,15-21,23,25-26H2,1-2H3,(H,30,33)/b14-13-,24-22+. The summed E-state index contributed by atoms with van der Waals surface area (Å²) in [5.74, 6) is -0.0806. The minimum atomic E-state index is -0.834. The topological polar surface area (TPSA) is 69.6 Å². The van der Waals surface area contributed by atoms with Gasteiger partial charge in [0, 0.05) is 6.42 Å². The molecule has 33 heavy (non-hydrogen) atoms. The van der Waals surface area contributed by atoms with Gasteiger partial charge in [0.25, 0.3) is 0 Å². The highest BCUT2D eigenvalue weighted by Crippen LogP contribution is 2.10. The number of allylic oxidation sites excluding steroid dienone is 3. The Morgan fingerprint density at radius 1 is 0.697 bits per heavy atom. The summed E-state index contributed by atoms with van der Waals surface area (Å²) >= 11 is 0. The molecule has 0 saturated carbocycles. The lowest BCUT2D eigenvalue weighted by molar-refractivity contribution is -0.123. The zero-order valence-electron chi connectivity index (χ0n) is 21.9. The van der Waals surface area contributed by atoms with E-state index < -0.39 is 12.1 Å². The molecule has 0 aliphatic carbocycles. The highest BCUT2D eigenvalue weighted by atomic mass is 16.3. The van der Waals surface area contributed by atoms with E-state index in [1.807, 2.05) is 6.08 Å². The maximum Gasteiger partial charge on any atom is 0.220 e. The third kappa shape index (κ3) is 22.4. The van der Waals surface area contributed by atoms with E-state index >= 15 is 0 Å². The van der Waals surface area contributed by atoms with Crippen molar-refractivity contribution < 1.29 is 15.0 Å². The number of aliphatic hydroxyl groups is 2. The molecule has 0 aromatic carbocycles. The number of unbranched alkanes of at least 4 members (excludes halogenated alkanes) is 15. The van der Waals surface area contributed by atoms with E-state index in [-0.39, 0.29) is 12.5 Å². The molecule has 0 radical (unpaired) electrons. The van der Waals surface area contributed by atoms with Gasteiger partial charge in [-0.25, -0.2) is 0 Å². The highest BCUT2D eigenvalue weighted by Gasteiger charge is 2.17. The van der Waals surface area contributed by atoms with Crippen LogP contribution in [0.2, 0.25) is 0 Å². The van der Waals surface area contributed by atoms with Gasteiger partial charge in [0.1, 0.15) is 0 Å². The molecule has 0 aromatic rings. The first-order chi connectivity index (χ1) is 16.2. The van der Waals surface area contributed by atoms with Crippen molar-refractivity contribution in [2.45, 2.75) is 148 Å². The Morgan fingerprint density at radius 2 is 1.15 bits per heavy atom. The number of rotatable bonds is 24. The molecule has 3 N–H and O–H groups in total. The first-order valence-corrected chi connectivity index (χ1v) is 14.1. The fraction of sp³-hybridized carbons (Fsp3) is 0.828. The third-order valence-corrected chi connectivity index (χ3v) is 6.18. The largest absolute Gasteiger partial charge is 0.394 e. The van der Waals surface area contributed by atoms with Crippen molar-refractivity contribution in [3.8, 4) is 0 Å². The summed E-state index contributed by atoms with van der Waals surface area (Å²) in [4.78, 5) is 12.1. The van der Waals surface area contributed by atoms with Crippen molar-refractivity contribution in [2.75, 3.05) is 6.61 Å². The molecule has 0 aliphatic heterocycles. The Bertz CT molecular complexity index is 475. The van der Waals surface area contributed by atoms with E-state index in [1.54, 1.807) is 6.08 Å². The van der Waals surface area contributed by atoms with E-state index in [0.29, 0.717) is 6.42 Å². The highest BCUT2D eigenvalue weighted by molar-refractivity contribution is 5.76. The second kappa shape index (κ2) is 25.5. The molecule has 0 aromatic heterocycles. The van der Waals surface area contributed by atoms with Gasteiger partial charge >= 0.3 is 0 Å². The van der Waals surface area contributed by atoms with Gasteiger partial charge in [-0.1, -0.05) is 109 Å². The summed E-state index contributed by atoms with van der Waals surface area (Å²) in [6.07, 6.45) is 29.6. The van der Waals surface area contributed by atoms with Crippen LogP contribution in [0.25, 0.3) is 0 Å². The summed E-state index contributed by atoms with van der Waals surface area (Å²) in [6, 6.07) is -0.618. The molecule has 4 heteroatoms. The molecule has 0 rings (SSSR count). The van der Waals surface area contributed by atoms with Gasteiger partial charge < -0.3 is 15.5 Å². The van der Waals surface area contributed by atoms with Crippen LogP contribution in [0.3, 0.4) is 0 Å². The molecular weight excluding hydrogens is 410 g/mol. The molecule has 0 aliphatic rings. The van der Waals surface area contributed by atoms with Crippen molar-refractivity contribution in [3.63, 3.8) is 0 Å². The van der Waals surface area contributed by atoms with Crippen LogP contribution in [-0.4, -0.2) is 34.9 Å². The Hall–Kier alpha value is -1.13. The molecule has 0 saturated heterocycles. The first kappa shape index (κ1) is 31.9. The lowest BCUT2D eigenvalue weighted by Gasteiger charge is -2.20. The van der Waals surface area contributed by atoms with E-state index in [4.69, 9.17) is 0 Å². The van der Waals surface area contributed by atoms with Crippen molar-refractivity contribution >= 4 is 5.91 Å². The van der Waals surface area contributed by atoms with Crippen LogP contribution in [0.1, 0.15) is 136 Å². The number of aliphatic hydroxyl groups excluding tert-OH is 2. The van der Waals surface area contributed by atoms with Crippen molar-refractivity contribution in [1.82, 2.24) is 5.32 Å². The van der Waals surface area contributed by atoms with Gasteiger partial charge in [-0.3, -0.25) is 4.79 Å². The molecule has 0 spiro atoms. The smallest absolute Gasteiger partial charge is 0.220 e. The SMILES string of the molecule is CCCCCCC/C=C\CCCCCCCC(=O)NC(CO)C(O)/C=C/CCCCCCC. The Balaban J connectivity index is 3.69. The van der Waals surface area contributed by atoms with Crippen molar-refractivity contribution in [1.29, 1.82) is 0 Å². The van der Waals surface area contributed by atoms with E-state index in [0.717, 1.165) is 38.5 Å². The molecule has 2 unspecified atom stereocenters. The Labute approximate surface area is 205 Å². The summed E-state index contributed by atoms with van der Waals surface area (Å²) in [5.41, 5.74) is 0. The lowest BCUT2D eigenvalue weighted by atomic mass is 10.1. The first-order valence-electron chi connectivity index (χ1n) is 14.1. The fourth-order valence-corrected chi connectivity index (χ4v) is 3.93. The van der Waals surface area contributed by atoms with E-state index in [9.17, 15) is 15.0 Å². The zero-order chi connectivity index (χ0) is 24.4. The van der Waals surface area contributed by atoms with Crippen LogP contribution < -0.4 is 5.32 Å². The predicted molar refractivity (Wildman–Crippen MR) is 142 cm³/mol. The molecule has 0 bridgehead atoms. The second-order valence-electron chi connectivity index (χ2n) is 9.46. The fourth-order valence-electron chi connectivity index (χ4n) is 3.93. The molecule has 0 heterocycles. The minimum absolute atomic E-state index is 0.0806. The van der Waals surface area contributed by atoms with E-state index in [2.05, 4.69) is 31.3 Å². The molecular formula is C29H55NO3. The van der Waals surface area contributed by atoms with Gasteiger partial charge in [-0.15, -0.1) is 0 Å². The van der Waals surface area contributed by atoms with Crippen molar-refractivity contribution in [2.24, 2.45) is 0 Å². The number of hydrogen-bond acceptors (Lipinski definition) is 3. The Kier molecular flexibility index (Phi) is 24.6. The van der Waals surface area contributed by atoms with Crippen LogP contribution in [0.15, 0.2) is 24.3 Å². The van der Waals surface area contributed by atoms with Crippen LogP contribution in [0.5, 0.6) is 0 Å². The number of carbonyl (C=O) groups excluding carboxylic acids is 1. The summed E-state index contributed by atoms with van der Waals surface area (Å²) in [5, 5.41) is 22.5. The third-order valence-electron chi connectivity index (χ3n) is 6.18. The Morgan fingerprint density at radius 3 is 1.67 bits per heavy atom. The van der Waals surface area contributed by atoms with E-state index in [1.165, 1.54) is 77.0 Å². The molecule has 2 atom stereocenters. The zero-order valence-corrected chi connectivity index (χ0v) is 21.9. The maximum atomic E-state index is 12.1. The molecule has 194 valence electrons. The summed E-state index contributed by atoms with van der Waals surface area (Å²) in [7, 11) is 0. The number of carbonyl (C=O) groups is 1. The maximum absolute atomic E-state index is 12.1. The van der Waals surface area contributed by atoms with Gasteiger partial charge in [0.15, 0.2) is 0 Å². The van der Waals surface area contributed by atoms with Gasteiger partial charge in [0.2, 0.25) is 5.91 Å². The number of nitrogens with one attached hydrogen (secondary N) is 1. The van der Waals surface area contributed by atoms with Crippen molar-refractivity contribution in [3.05, 3.63) is 24.3 Å². The van der Waals surface area contributed by atoms with Crippen LogP contribution in [0.4, 0.5) is 0 Å². The average molecular weight is 466 g/mol. The minimum Gasteiger partial charge on any atom is -0.394 e. The van der Waals surface area contributed by atoms with Crippen LogP contribution in [0, 0.1) is 0 Å². The molecule has 1 amide bonds. The summed E-state index contributed by atoms with van der Waals surface area (Å²) < 4.78 is 0. The summed E-state index contributed by atoms with van der Waals surface area (Å²) in [6.45, 7) is 4.21. The molecule has 0 fully saturated rings. The second-order valence-corrected chi connectivity index (χ2v) is 9.46. The number of amides is 1. The van der Waals surface area contributed by atoms with Gasteiger partial charge in [0.05, 0.1) is 18.8 Å². The van der Waals surface area contributed by atoms with Crippen LogP contribution in [-0.2, 0) is 4.79 Å². The predicted octanol–water partition coefficient (Wildman–Crippen LogP) is 7.39. The number of hydrogen-bond donors (Lipinski definition) is 3. The monoisotopic (exact) mass is 465 g/mol. The van der Waals surface area contributed by atoms with Gasteiger partial charge in [-0.2, -0.15) is 0 Å². The lowest BCUT2D eigenvalue weighted by Crippen LogP contribution is -2.45.